The van der Waals surface area contributed by atoms with Gasteiger partial charge in [0.1, 0.15) is 0 Å². The summed E-state index contributed by atoms with van der Waals surface area (Å²) >= 11 is 0. The van der Waals surface area contributed by atoms with Gasteiger partial charge in [-0.2, -0.15) is 0 Å². The second kappa shape index (κ2) is 7.10. The second-order valence-electron chi connectivity index (χ2n) is 5.52. The molecule has 1 heterocycles. The summed E-state index contributed by atoms with van der Waals surface area (Å²) < 4.78 is 26.4. The molecule has 0 aliphatic carbocycles. The SMILES string of the molecule is CC1C(C(=O)O)CCN1C(=O)CCNS(=O)(=O)c1ccccc1. The van der Waals surface area contributed by atoms with Crippen molar-refractivity contribution in [2.75, 3.05) is 13.1 Å². The van der Waals surface area contributed by atoms with Crippen molar-refractivity contribution >= 4 is 21.9 Å². The number of hydrogen-bond acceptors (Lipinski definition) is 4. The molecular weight excluding hydrogens is 320 g/mol. The topological polar surface area (TPSA) is 104 Å². The van der Waals surface area contributed by atoms with Gasteiger partial charge in [0.05, 0.1) is 10.8 Å². The van der Waals surface area contributed by atoms with Crippen molar-refractivity contribution in [3.63, 3.8) is 0 Å². The molecule has 2 rings (SSSR count). The lowest BCUT2D eigenvalue weighted by atomic mass is 10.0. The molecule has 1 aromatic carbocycles. The van der Waals surface area contributed by atoms with Gasteiger partial charge in [0, 0.05) is 25.6 Å². The summed E-state index contributed by atoms with van der Waals surface area (Å²) in [5.74, 6) is -1.70. The summed E-state index contributed by atoms with van der Waals surface area (Å²) in [4.78, 5) is 24.9. The number of nitrogens with one attached hydrogen (secondary N) is 1. The maximum absolute atomic E-state index is 12.1. The van der Waals surface area contributed by atoms with Crippen LogP contribution in [0, 0.1) is 5.92 Å². The normalized spacial score (nSPS) is 21.3. The van der Waals surface area contributed by atoms with Crippen LogP contribution in [0.15, 0.2) is 35.2 Å². The standard InChI is InChI=1S/C15H20N2O5S/c1-11-13(15(19)20)8-10-17(11)14(18)7-9-16-23(21,22)12-5-3-2-4-6-12/h2-6,11,13,16H,7-10H2,1H3,(H,19,20). The Labute approximate surface area is 135 Å². The number of carboxylic acids is 1. The summed E-state index contributed by atoms with van der Waals surface area (Å²) in [5, 5.41) is 9.06. The Balaban J connectivity index is 1.87. The van der Waals surface area contributed by atoms with Gasteiger partial charge in [0.2, 0.25) is 15.9 Å². The van der Waals surface area contributed by atoms with Crippen LogP contribution in [-0.4, -0.2) is 49.4 Å². The van der Waals surface area contributed by atoms with Gasteiger partial charge >= 0.3 is 5.97 Å². The molecule has 2 unspecified atom stereocenters. The quantitative estimate of drug-likeness (QED) is 0.792. The molecule has 0 spiro atoms. The van der Waals surface area contributed by atoms with Crippen LogP contribution in [0.4, 0.5) is 0 Å². The van der Waals surface area contributed by atoms with Gasteiger partial charge in [-0.25, -0.2) is 13.1 Å². The highest BCUT2D eigenvalue weighted by Gasteiger charge is 2.37. The van der Waals surface area contributed by atoms with Crippen LogP contribution >= 0.6 is 0 Å². The Hall–Kier alpha value is -1.93. The zero-order valence-electron chi connectivity index (χ0n) is 12.8. The maximum Gasteiger partial charge on any atom is 0.308 e. The lowest BCUT2D eigenvalue weighted by Crippen LogP contribution is -2.39. The first-order chi connectivity index (χ1) is 10.8. The predicted octanol–water partition coefficient (Wildman–Crippen LogP) is 0.677. The minimum absolute atomic E-state index is 0.00272. The molecule has 23 heavy (non-hydrogen) atoms. The third kappa shape index (κ3) is 4.08. The summed E-state index contributed by atoms with van der Waals surface area (Å²) in [6.07, 6.45) is 0.431. The number of carboxylic acid groups (broad SMARTS) is 1. The fourth-order valence-corrected chi connectivity index (χ4v) is 3.79. The highest BCUT2D eigenvalue weighted by molar-refractivity contribution is 7.89. The Kier molecular flexibility index (Phi) is 5.38. The molecule has 1 aliphatic heterocycles. The van der Waals surface area contributed by atoms with Gasteiger partial charge in [-0.05, 0) is 25.5 Å². The minimum atomic E-state index is -3.63. The molecule has 0 aromatic heterocycles. The molecule has 0 saturated carbocycles. The molecule has 1 saturated heterocycles. The van der Waals surface area contributed by atoms with Crippen LogP contribution in [0.3, 0.4) is 0 Å². The number of rotatable bonds is 6. The Morgan fingerprint density at radius 2 is 1.96 bits per heavy atom. The molecule has 1 aliphatic rings. The molecule has 8 heteroatoms. The number of amides is 1. The molecule has 1 amide bonds. The Morgan fingerprint density at radius 3 is 2.52 bits per heavy atom. The van der Waals surface area contributed by atoms with E-state index < -0.39 is 21.9 Å². The van der Waals surface area contributed by atoms with Crippen LogP contribution in [0.1, 0.15) is 19.8 Å². The van der Waals surface area contributed by atoms with Crippen LogP contribution in [-0.2, 0) is 19.6 Å². The van der Waals surface area contributed by atoms with E-state index in [0.717, 1.165) is 0 Å². The number of benzene rings is 1. The number of nitrogens with zero attached hydrogens (tertiary/aromatic N) is 1. The Bertz CT molecular complexity index is 674. The van der Waals surface area contributed by atoms with E-state index in [-0.39, 0.29) is 29.8 Å². The molecule has 0 radical (unpaired) electrons. The summed E-state index contributed by atoms with van der Waals surface area (Å²) in [5.41, 5.74) is 0. The molecule has 126 valence electrons. The van der Waals surface area contributed by atoms with Crippen LogP contribution in [0.25, 0.3) is 0 Å². The lowest BCUT2D eigenvalue weighted by Gasteiger charge is -2.23. The second-order valence-corrected chi connectivity index (χ2v) is 7.29. The first kappa shape index (κ1) is 17.4. The zero-order chi connectivity index (χ0) is 17.0. The first-order valence-corrected chi connectivity index (χ1v) is 8.88. The average molecular weight is 340 g/mol. The lowest BCUT2D eigenvalue weighted by molar-refractivity contribution is -0.143. The maximum atomic E-state index is 12.1. The number of carbonyl (C=O) groups is 2. The molecule has 0 bridgehead atoms. The molecule has 1 aromatic rings. The fraction of sp³-hybridized carbons (Fsp3) is 0.467. The summed E-state index contributed by atoms with van der Waals surface area (Å²) in [6.45, 7) is 2.08. The van der Waals surface area contributed by atoms with Gasteiger partial charge in [0.25, 0.3) is 0 Å². The predicted molar refractivity (Wildman–Crippen MR) is 83.2 cm³/mol. The number of hydrogen-bond donors (Lipinski definition) is 2. The smallest absolute Gasteiger partial charge is 0.308 e. The van der Waals surface area contributed by atoms with Crippen molar-refractivity contribution in [1.82, 2.24) is 9.62 Å². The summed E-state index contributed by atoms with van der Waals surface area (Å²) in [7, 11) is -3.63. The van der Waals surface area contributed by atoms with Crippen LogP contribution in [0.2, 0.25) is 0 Å². The fourth-order valence-electron chi connectivity index (χ4n) is 2.74. The van der Waals surface area contributed by atoms with Gasteiger partial charge in [0.15, 0.2) is 0 Å². The zero-order valence-corrected chi connectivity index (χ0v) is 13.6. The van der Waals surface area contributed by atoms with Gasteiger partial charge < -0.3 is 10.0 Å². The monoisotopic (exact) mass is 340 g/mol. The largest absolute Gasteiger partial charge is 0.481 e. The van der Waals surface area contributed by atoms with E-state index in [9.17, 15) is 18.0 Å². The third-order valence-electron chi connectivity index (χ3n) is 4.08. The van der Waals surface area contributed by atoms with E-state index in [0.29, 0.717) is 13.0 Å². The molecule has 7 nitrogen and oxygen atoms in total. The summed E-state index contributed by atoms with van der Waals surface area (Å²) in [6, 6.07) is 7.55. The number of likely N-dealkylation sites (tertiary alicyclic amines) is 1. The van der Waals surface area contributed by atoms with E-state index in [1.165, 1.54) is 17.0 Å². The van der Waals surface area contributed by atoms with Gasteiger partial charge in [-0.3, -0.25) is 9.59 Å². The molecule has 2 N–H and O–H groups in total. The average Bonchev–Trinajstić information content (AvgIpc) is 2.90. The minimum Gasteiger partial charge on any atom is -0.481 e. The van der Waals surface area contributed by atoms with E-state index in [2.05, 4.69) is 4.72 Å². The molecular formula is C15H20N2O5S. The van der Waals surface area contributed by atoms with Crippen molar-refractivity contribution in [2.24, 2.45) is 5.92 Å². The van der Waals surface area contributed by atoms with Crippen molar-refractivity contribution < 1.29 is 23.1 Å². The molecule has 1 fully saturated rings. The van der Waals surface area contributed by atoms with E-state index in [4.69, 9.17) is 5.11 Å². The highest BCUT2D eigenvalue weighted by Crippen LogP contribution is 2.24. The van der Waals surface area contributed by atoms with Crippen molar-refractivity contribution in [2.45, 2.75) is 30.7 Å². The third-order valence-corrected chi connectivity index (χ3v) is 5.55. The van der Waals surface area contributed by atoms with Gasteiger partial charge in [-0.15, -0.1) is 0 Å². The van der Waals surface area contributed by atoms with Crippen molar-refractivity contribution in [1.29, 1.82) is 0 Å². The number of sulfonamides is 1. The van der Waals surface area contributed by atoms with E-state index in [1.54, 1.807) is 25.1 Å². The Morgan fingerprint density at radius 1 is 1.30 bits per heavy atom. The first-order valence-electron chi connectivity index (χ1n) is 7.40. The van der Waals surface area contributed by atoms with Crippen LogP contribution in [0.5, 0.6) is 0 Å². The van der Waals surface area contributed by atoms with E-state index in [1.807, 2.05) is 0 Å². The van der Waals surface area contributed by atoms with E-state index >= 15 is 0 Å². The van der Waals surface area contributed by atoms with Gasteiger partial charge in [-0.1, -0.05) is 18.2 Å². The van der Waals surface area contributed by atoms with Crippen molar-refractivity contribution in [3.8, 4) is 0 Å². The van der Waals surface area contributed by atoms with Crippen LogP contribution < -0.4 is 4.72 Å². The van der Waals surface area contributed by atoms with Crippen molar-refractivity contribution in [3.05, 3.63) is 30.3 Å². The molecule has 2 atom stereocenters. The highest BCUT2D eigenvalue weighted by atomic mass is 32.2. The number of carbonyl (C=O) groups excluding carboxylic acids is 1. The number of aliphatic carboxylic acids is 1.